The van der Waals surface area contributed by atoms with Gasteiger partial charge in [-0.2, -0.15) is 0 Å². The summed E-state index contributed by atoms with van der Waals surface area (Å²) in [5, 5.41) is 3.44. The maximum absolute atomic E-state index is 5.86. The summed E-state index contributed by atoms with van der Waals surface area (Å²) < 4.78 is 5.50. The average molecular weight is 263 g/mol. The Morgan fingerprint density at radius 3 is 2.79 bits per heavy atom. The van der Waals surface area contributed by atoms with Crippen molar-refractivity contribution in [3.63, 3.8) is 0 Å². The molecule has 1 heterocycles. The van der Waals surface area contributed by atoms with Gasteiger partial charge in [-0.25, -0.2) is 0 Å². The van der Waals surface area contributed by atoms with E-state index in [-0.39, 0.29) is 0 Å². The lowest BCUT2D eigenvalue weighted by molar-refractivity contribution is 0.237. The van der Waals surface area contributed by atoms with E-state index in [0.29, 0.717) is 12.3 Å². The molecule has 4 nitrogen and oxygen atoms in total. The number of nitrogens with two attached hydrogens (primary N) is 1. The zero-order chi connectivity index (χ0) is 13.5. The molecule has 19 heavy (non-hydrogen) atoms. The lowest BCUT2D eigenvalue weighted by Gasteiger charge is -2.26. The van der Waals surface area contributed by atoms with Gasteiger partial charge in [-0.1, -0.05) is 6.42 Å². The number of piperidine rings is 1. The molecule has 0 atom stereocenters. The van der Waals surface area contributed by atoms with Crippen molar-refractivity contribution in [2.75, 3.05) is 43.8 Å². The predicted molar refractivity (Wildman–Crippen MR) is 80.8 cm³/mol. The van der Waals surface area contributed by atoms with Crippen LogP contribution in [0, 0.1) is 0 Å². The van der Waals surface area contributed by atoms with Gasteiger partial charge in [-0.3, -0.25) is 0 Å². The van der Waals surface area contributed by atoms with Gasteiger partial charge in [0.05, 0.1) is 12.3 Å². The minimum absolute atomic E-state index is 0.640. The van der Waals surface area contributed by atoms with Crippen LogP contribution in [0.25, 0.3) is 0 Å². The van der Waals surface area contributed by atoms with Crippen LogP contribution in [0.4, 0.5) is 11.4 Å². The van der Waals surface area contributed by atoms with E-state index in [4.69, 9.17) is 10.5 Å². The van der Waals surface area contributed by atoms with Crippen molar-refractivity contribution in [1.82, 2.24) is 4.90 Å². The van der Waals surface area contributed by atoms with Gasteiger partial charge in [-0.15, -0.1) is 0 Å². The normalized spacial score (nSPS) is 16.3. The van der Waals surface area contributed by atoms with Crippen LogP contribution >= 0.6 is 0 Å². The van der Waals surface area contributed by atoms with E-state index in [1.165, 1.54) is 32.4 Å². The lowest BCUT2D eigenvalue weighted by Crippen LogP contribution is -2.33. The van der Waals surface area contributed by atoms with Crippen LogP contribution in [0.2, 0.25) is 0 Å². The summed E-state index contributed by atoms with van der Waals surface area (Å²) in [4.78, 5) is 2.53. The number of nitrogens with one attached hydrogen (secondary N) is 1. The van der Waals surface area contributed by atoms with Crippen LogP contribution in [0.5, 0.6) is 5.75 Å². The van der Waals surface area contributed by atoms with Crippen LogP contribution in [0.1, 0.15) is 26.2 Å². The molecule has 1 aliphatic heterocycles. The van der Waals surface area contributed by atoms with Crippen molar-refractivity contribution >= 4 is 11.4 Å². The van der Waals surface area contributed by atoms with Crippen LogP contribution in [0.3, 0.4) is 0 Å². The van der Waals surface area contributed by atoms with E-state index in [2.05, 4.69) is 10.2 Å². The largest absolute Gasteiger partial charge is 0.492 e. The van der Waals surface area contributed by atoms with Gasteiger partial charge in [0.15, 0.2) is 0 Å². The number of nitrogen functional groups attached to an aromatic ring is 1. The Labute approximate surface area is 115 Å². The first-order valence-corrected chi connectivity index (χ1v) is 7.28. The summed E-state index contributed by atoms with van der Waals surface area (Å²) in [6, 6.07) is 5.89. The van der Waals surface area contributed by atoms with E-state index in [9.17, 15) is 0 Å². The van der Waals surface area contributed by atoms with E-state index in [0.717, 1.165) is 24.5 Å². The molecule has 0 amide bonds. The van der Waals surface area contributed by atoms with Gasteiger partial charge in [0.1, 0.15) is 5.75 Å². The number of rotatable bonds is 6. The molecule has 1 fully saturated rings. The number of ether oxygens (including phenoxy) is 1. The highest BCUT2D eigenvalue weighted by atomic mass is 16.5. The number of anilines is 2. The molecule has 0 bridgehead atoms. The minimum atomic E-state index is 0.640. The highest BCUT2D eigenvalue weighted by Gasteiger charge is 2.09. The smallest absolute Gasteiger partial charge is 0.144 e. The van der Waals surface area contributed by atoms with Crippen LogP contribution < -0.4 is 15.8 Å². The number of likely N-dealkylation sites (tertiary alicyclic amines) is 1. The summed E-state index contributed by atoms with van der Waals surface area (Å²) in [6.07, 6.45) is 4.08. The Morgan fingerprint density at radius 1 is 1.26 bits per heavy atom. The van der Waals surface area contributed by atoms with Crippen molar-refractivity contribution in [3.05, 3.63) is 18.2 Å². The topological polar surface area (TPSA) is 50.5 Å². The maximum Gasteiger partial charge on any atom is 0.144 e. The minimum Gasteiger partial charge on any atom is -0.492 e. The quantitative estimate of drug-likeness (QED) is 0.775. The number of nitrogens with zero attached hydrogens (tertiary/aromatic N) is 1. The fraction of sp³-hybridized carbons (Fsp3) is 0.600. The lowest BCUT2D eigenvalue weighted by atomic mass is 10.1. The van der Waals surface area contributed by atoms with E-state index in [1.807, 2.05) is 25.1 Å². The Hall–Kier alpha value is -1.42. The zero-order valence-corrected chi connectivity index (χ0v) is 11.8. The summed E-state index contributed by atoms with van der Waals surface area (Å²) in [6.45, 7) is 7.17. The van der Waals surface area contributed by atoms with Crippen molar-refractivity contribution in [2.24, 2.45) is 0 Å². The van der Waals surface area contributed by atoms with E-state index >= 15 is 0 Å². The molecular weight excluding hydrogens is 238 g/mol. The highest BCUT2D eigenvalue weighted by molar-refractivity contribution is 5.61. The summed E-state index contributed by atoms with van der Waals surface area (Å²) in [7, 11) is 0. The third-order valence-corrected chi connectivity index (χ3v) is 3.52. The second kappa shape index (κ2) is 7.24. The zero-order valence-electron chi connectivity index (χ0n) is 11.8. The first-order chi connectivity index (χ1) is 9.29. The third-order valence-electron chi connectivity index (χ3n) is 3.52. The number of hydrogen-bond acceptors (Lipinski definition) is 4. The molecule has 0 radical (unpaired) electrons. The Balaban J connectivity index is 1.80. The van der Waals surface area contributed by atoms with Crippen LogP contribution in [-0.4, -0.2) is 37.7 Å². The Bertz CT molecular complexity index is 389. The molecule has 1 aromatic rings. The molecule has 1 aliphatic rings. The first-order valence-electron chi connectivity index (χ1n) is 7.28. The Kier molecular flexibility index (Phi) is 5.33. The molecule has 1 saturated heterocycles. The molecule has 0 saturated carbocycles. The molecule has 3 N–H and O–H groups in total. The van der Waals surface area contributed by atoms with Crippen molar-refractivity contribution in [2.45, 2.75) is 26.2 Å². The molecule has 1 aromatic carbocycles. The van der Waals surface area contributed by atoms with Crippen LogP contribution in [-0.2, 0) is 0 Å². The molecular formula is C15H25N3O. The summed E-state index contributed by atoms with van der Waals surface area (Å²) in [5.74, 6) is 0.769. The van der Waals surface area contributed by atoms with E-state index in [1.54, 1.807) is 0 Å². The second-order valence-corrected chi connectivity index (χ2v) is 5.01. The number of benzene rings is 1. The SMILES string of the molecule is CCOc1cc(NCCN2CCCCC2)ccc1N. The monoisotopic (exact) mass is 263 g/mol. The van der Waals surface area contributed by atoms with Gasteiger partial charge < -0.3 is 20.7 Å². The van der Waals surface area contributed by atoms with Crippen molar-refractivity contribution < 1.29 is 4.74 Å². The van der Waals surface area contributed by atoms with Gasteiger partial charge in [0.2, 0.25) is 0 Å². The van der Waals surface area contributed by atoms with Crippen molar-refractivity contribution in [3.8, 4) is 5.75 Å². The average Bonchev–Trinajstić information content (AvgIpc) is 2.44. The van der Waals surface area contributed by atoms with E-state index < -0.39 is 0 Å². The molecule has 0 spiro atoms. The maximum atomic E-state index is 5.86. The molecule has 0 aliphatic carbocycles. The molecule has 4 heteroatoms. The van der Waals surface area contributed by atoms with Crippen LogP contribution in [0.15, 0.2) is 18.2 Å². The standard InChI is InChI=1S/C15H25N3O/c1-2-19-15-12-13(6-7-14(15)16)17-8-11-18-9-4-3-5-10-18/h6-7,12,17H,2-5,8-11,16H2,1H3. The van der Waals surface area contributed by atoms with Gasteiger partial charge in [0, 0.05) is 24.8 Å². The van der Waals surface area contributed by atoms with Gasteiger partial charge in [0.25, 0.3) is 0 Å². The second-order valence-electron chi connectivity index (χ2n) is 5.01. The van der Waals surface area contributed by atoms with Gasteiger partial charge >= 0.3 is 0 Å². The predicted octanol–water partition coefficient (Wildman–Crippen LogP) is 2.57. The molecule has 2 rings (SSSR count). The van der Waals surface area contributed by atoms with Gasteiger partial charge in [-0.05, 0) is 45.0 Å². The first kappa shape index (κ1) is 14.0. The fourth-order valence-corrected chi connectivity index (χ4v) is 2.47. The van der Waals surface area contributed by atoms with Crippen molar-refractivity contribution in [1.29, 1.82) is 0 Å². The summed E-state index contributed by atoms with van der Waals surface area (Å²) in [5.41, 5.74) is 7.64. The Morgan fingerprint density at radius 2 is 2.05 bits per heavy atom. The molecule has 106 valence electrons. The number of hydrogen-bond donors (Lipinski definition) is 2. The molecule has 0 unspecified atom stereocenters. The third kappa shape index (κ3) is 4.31. The summed E-state index contributed by atoms with van der Waals surface area (Å²) >= 11 is 0. The highest BCUT2D eigenvalue weighted by Crippen LogP contribution is 2.25. The molecule has 0 aromatic heterocycles. The fourth-order valence-electron chi connectivity index (χ4n) is 2.47.